The van der Waals surface area contributed by atoms with Crippen LogP contribution in [0.15, 0.2) is 47.9 Å². The van der Waals surface area contributed by atoms with Crippen LogP contribution in [0.4, 0.5) is 4.39 Å². The molecular formula is C17H13FN4S2. The van der Waals surface area contributed by atoms with Crippen molar-refractivity contribution in [2.45, 2.75) is 12.1 Å². The molecule has 1 aromatic carbocycles. The Morgan fingerprint density at radius 2 is 1.92 bits per heavy atom. The van der Waals surface area contributed by atoms with Gasteiger partial charge in [-0.25, -0.2) is 19.3 Å². The summed E-state index contributed by atoms with van der Waals surface area (Å²) >= 11 is 3.11. The van der Waals surface area contributed by atoms with Crippen LogP contribution in [0.3, 0.4) is 0 Å². The van der Waals surface area contributed by atoms with E-state index >= 15 is 0 Å². The number of benzene rings is 1. The Morgan fingerprint density at radius 3 is 2.67 bits per heavy atom. The van der Waals surface area contributed by atoms with Crippen LogP contribution < -0.4 is 0 Å². The lowest BCUT2D eigenvalue weighted by Crippen LogP contribution is -1.94. The highest BCUT2D eigenvalue weighted by Crippen LogP contribution is 2.34. The van der Waals surface area contributed by atoms with Gasteiger partial charge in [0.05, 0.1) is 11.4 Å². The first-order valence-electron chi connectivity index (χ1n) is 7.27. The molecule has 120 valence electrons. The van der Waals surface area contributed by atoms with E-state index < -0.39 is 0 Å². The Balaban J connectivity index is 2.00. The van der Waals surface area contributed by atoms with Crippen LogP contribution in [0, 0.1) is 12.7 Å². The Kier molecular flexibility index (Phi) is 3.82. The molecule has 0 N–H and O–H groups in total. The predicted molar refractivity (Wildman–Crippen MR) is 96.0 cm³/mol. The third-order valence-electron chi connectivity index (χ3n) is 3.62. The number of aromatic nitrogens is 4. The zero-order valence-electron chi connectivity index (χ0n) is 13.0. The quantitative estimate of drug-likeness (QED) is 0.394. The molecule has 0 fully saturated rings. The molecule has 7 heteroatoms. The first kappa shape index (κ1) is 15.3. The van der Waals surface area contributed by atoms with E-state index in [1.165, 1.54) is 28.8 Å². The summed E-state index contributed by atoms with van der Waals surface area (Å²) in [6, 6.07) is 8.27. The van der Waals surface area contributed by atoms with E-state index in [2.05, 4.69) is 16.2 Å². The van der Waals surface area contributed by atoms with Crippen molar-refractivity contribution >= 4 is 28.1 Å². The maximum absolute atomic E-state index is 13.3. The molecule has 24 heavy (non-hydrogen) atoms. The Morgan fingerprint density at radius 1 is 1.12 bits per heavy atom. The van der Waals surface area contributed by atoms with Gasteiger partial charge in [-0.15, -0.1) is 11.3 Å². The lowest BCUT2D eigenvalue weighted by molar-refractivity contribution is 0.628. The molecule has 0 radical (unpaired) electrons. The molecule has 0 bridgehead atoms. The number of rotatable bonds is 3. The lowest BCUT2D eigenvalue weighted by atomic mass is 10.1. The average molecular weight is 356 g/mol. The van der Waals surface area contributed by atoms with Gasteiger partial charge in [0.25, 0.3) is 0 Å². The molecular weight excluding hydrogens is 343 g/mol. The van der Waals surface area contributed by atoms with E-state index in [9.17, 15) is 4.39 Å². The maximum Gasteiger partial charge on any atom is 0.195 e. The fourth-order valence-electron chi connectivity index (χ4n) is 2.58. The second kappa shape index (κ2) is 5.99. The van der Waals surface area contributed by atoms with Gasteiger partial charge >= 0.3 is 0 Å². The molecule has 0 aliphatic heterocycles. The van der Waals surface area contributed by atoms with Crippen LogP contribution in [-0.2, 0) is 0 Å². The largest absolute Gasteiger partial charge is 0.288 e. The van der Waals surface area contributed by atoms with E-state index in [-0.39, 0.29) is 5.82 Å². The SMILES string of the molecule is CSc1nccc(-c2c(-c3ccc(F)cc3)nc3sc(C)cn23)n1. The maximum atomic E-state index is 13.3. The van der Waals surface area contributed by atoms with Crippen molar-refractivity contribution in [1.82, 2.24) is 19.4 Å². The van der Waals surface area contributed by atoms with Gasteiger partial charge in [0.1, 0.15) is 11.5 Å². The van der Waals surface area contributed by atoms with Crippen molar-refractivity contribution in [3.05, 3.63) is 53.4 Å². The van der Waals surface area contributed by atoms with Gasteiger partial charge in [-0.2, -0.15) is 0 Å². The molecule has 4 rings (SSSR count). The number of thiazole rings is 1. The number of halogens is 1. The van der Waals surface area contributed by atoms with Crippen LogP contribution in [0.1, 0.15) is 4.88 Å². The topological polar surface area (TPSA) is 43.1 Å². The van der Waals surface area contributed by atoms with E-state index in [0.717, 1.165) is 27.6 Å². The van der Waals surface area contributed by atoms with Crippen LogP contribution in [0.2, 0.25) is 0 Å². The lowest BCUT2D eigenvalue weighted by Gasteiger charge is -2.05. The molecule has 0 aliphatic rings. The summed E-state index contributed by atoms with van der Waals surface area (Å²) in [6.45, 7) is 2.05. The summed E-state index contributed by atoms with van der Waals surface area (Å²) in [5, 5.41) is 0.708. The number of aryl methyl sites for hydroxylation is 1. The second-order valence-electron chi connectivity index (χ2n) is 5.24. The molecule has 0 atom stereocenters. The summed E-state index contributed by atoms with van der Waals surface area (Å²) < 4.78 is 15.3. The highest BCUT2D eigenvalue weighted by atomic mass is 32.2. The highest BCUT2D eigenvalue weighted by molar-refractivity contribution is 7.98. The van der Waals surface area contributed by atoms with Gasteiger partial charge < -0.3 is 0 Å². The van der Waals surface area contributed by atoms with Gasteiger partial charge in [-0.3, -0.25) is 4.40 Å². The van der Waals surface area contributed by atoms with E-state index in [1.54, 1.807) is 29.7 Å². The molecule has 0 unspecified atom stereocenters. The molecule has 3 aromatic heterocycles. The smallest absolute Gasteiger partial charge is 0.195 e. The number of hydrogen-bond donors (Lipinski definition) is 0. The number of thioether (sulfide) groups is 1. The summed E-state index contributed by atoms with van der Waals surface area (Å²) in [6.07, 6.45) is 5.75. The summed E-state index contributed by atoms with van der Waals surface area (Å²) in [5.74, 6) is -0.260. The third kappa shape index (κ3) is 2.59. The standard InChI is InChI=1S/C17H13FN4S2/c1-10-9-22-15(13-7-8-19-16(20-13)23-2)14(21-17(22)24-10)11-3-5-12(18)6-4-11/h3-9H,1-2H3. The number of hydrogen-bond acceptors (Lipinski definition) is 5. The van der Waals surface area contributed by atoms with Gasteiger partial charge in [0.15, 0.2) is 10.1 Å². The number of fused-ring (bicyclic) bond motifs is 1. The van der Waals surface area contributed by atoms with Crippen molar-refractivity contribution in [1.29, 1.82) is 0 Å². The number of nitrogens with zero attached hydrogens (tertiary/aromatic N) is 4. The second-order valence-corrected chi connectivity index (χ2v) is 7.23. The van der Waals surface area contributed by atoms with Crippen molar-refractivity contribution in [2.24, 2.45) is 0 Å². The van der Waals surface area contributed by atoms with Crippen LogP contribution >= 0.6 is 23.1 Å². The summed E-state index contributed by atoms with van der Waals surface area (Å²) in [5.41, 5.74) is 3.37. The molecule has 0 amide bonds. The first-order chi connectivity index (χ1) is 11.7. The Labute approximate surface area is 146 Å². The first-order valence-corrected chi connectivity index (χ1v) is 9.31. The van der Waals surface area contributed by atoms with Crippen molar-refractivity contribution in [2.75, 3.05) is 6.26 Å². The van der Waals surface area contributed by atoms with E-state index in [0.29, 0.717) is 5.16 Å². The molecule has 4 aromatic rings. The molecule has 0 saturated carbocycles. The zero-order valence-corrected chi connectivity index (χ0v) is 14.7. The summed E-state index contributed by atoms with van der Waals surface area (Å²) in [7, 11) is 0. The zero-order chi connectivity index (χ0) is 16.7. The Bertz CT molecular complexity index is 1020. The molecule has 4 nitrogen and oxygen atoms in total. The third-order valence-corrected chi connectivity index (χ3v) is 5.08. The average Bonchev–Trinajstić information content (AvgIpc) is 3.11. The van der Waals surface area contributed by atoms with Crippen LogP contribution in [0.5, 0.6) is 0 Å². The number of imidazole rings is 1. The Hall–Kier alpha value is -2.25. The van der Waals surface area contributed by atoms with Gasteiger partial charge in [-0.05, 0) is 43.5 Å². The van der Waals surface area contributed by atoms with Gasteiger partial charge in [0, 0.05) is 22.8 Å². The fraction of sp³-hybridized carbons (Fsp3) is 0.118. The molecule has 0 aliphatic carbocycles. The van der Waals surface area contributed by atoms with E-state index in [1.807, 2.05) is 23.6 Å². The fourth-order valence-corrected chi connectivity index (χ4v) is 3.76. The molecule has 0 spiro atoms. The van der Waals surface area contributed by atoms with Gasteiger partial charge in [-0.1, -0.05) is 11.8 Å². The molecule has 3 heterocycles. The summed E-state index contributed by atoms with van der Waals surface area (Å²) in [4.78, 5) is 15.7. The van der Waals surface area contributed by atoms with Crippen molar-refractivity contribution in [3.8, 4) is 22.6 Å². The molecule has 0 saturated heterocycles. The van der Waals surface area contributed by atoms with Crippen LogP contribution in [0.25, 0.3) is 27.6 Å². The highest BCUT2D eigenvalue weighted by Gasteiger charge is 2.19. The van der Waals surface area contributed by atoms with Crippen LogP contribution in [-0.4, -0.2) is 25.6 Å². The van der Waals surface area contributed by atoms with Gasteiger partial charge in [0.2, 0.25) is 0 Å². The monoisotopic (exact) mass is 356 g/mol. The normalized spacial score (nSPS) is 11.3. The van der Waals surface area contributed by atoms with Crippen molar-refractivity contribution in [3.63, 3.8) is 0 Å². The van der Waals surface area contributed by atoms with Crippen molar-refractivity contribution < 1.29 is 4.39 Å². The minimum absolute atomic E-state index is 0.260. The minimum Gasteiger partial charge on any atom is -0.288 e. The van der Waals surface area contributed by atoms with E-state index in [4.69, 9.17) is 4.98 Å². The predicted octanol–water partition coefficient (Wildman–Crippen LogP) is 4.69. The minimum atomic E-state index is -0.260.